The Bertz CT molecular complexity index is 1020. The van der Waals surface area contributed by atoms with Crippen LogP contribution in [0.15, 0.2) is 42.6 Å². The van der Waals surface area contributed by atoms with Crippen molar-refractivity contribution in [3.8, 4) is 17.6 Å². The molecule has 0 spiro atoms. The highest BCUT2D eigenvalue weighted by molar-refractivity contribution is 6.09. The molecule has 4 rings (SSSR count). The normalized spacial score (nSPS) is 18.8. The summed E-state index contributed by atoms with van der Waals surface area (Å²) < 4.78 is 6.41. The average molecular weight is 402 g/mol. The molecule has 2 heterocycles. The Morgan fingerprint density at radius 1 is 1.30 bits per heavy atom. The zero-order chi connectivity index (χ0) is 21.1. The Kier molecular flexibility index (Phi) is 5.73. The lowest BCUT2D eigenvalue weighted by Crippen LogP contribution is -2.53. The molecule has 1 unspecified atom stereocenters. The van der Waals surface area contributed by atoms with Crippen LogP contribution in [-0.4, -0.2) is 38.4 Å². The zero-order valence-corrected chi connectivity index (χ0v) is 17.4. The van der Waals surface area contributed by atoms with Gasteiger partial charge < -0.3 is 25.7 Å². The summed E-state index contributed by atoms with van der Waals surface area (Å²) in [6.07, 6.45) is 5.18. The Labute approximate surface area is 177 Å². The number of benzene rings is 2. The fourth-order valence-electron chi connectivity index (χ4n) is 3.89. The lowest BCUT2D eigenvalue weighted by Gasteiger charge is -2.35. The van der Waals surface area contributed by atoms with Gasteiger partial charge in [-0.25, -0.2) is 0 Å². The van der Waals surface area contributed by atoms with E-state index in [9.17, 15) is 5.26 Å². The number of allylic oxidation sites excluding steroid dienone is 1. The molecule has 2 aliphatic rings. The monoisotopic (exact) mass is 401 g/mol. The summed E-state index contributed by atoms with van der Waals surface area (Å²) in [5.74, 6) is 1.27. The smallest absolute Gasteiger partial charge is 0.145 e. The van der Waals surface area contributed by atoms with Crippen molar-refractivity contribution in [2.75, 3.05) is 25.0 Å². The molecule has 6 heteroatoms. The van der Waals surface area contributed by atoms with Crippen LogP contribution in [0.3, 0.4) is 0 Å². The number of nitrogens with zero attached hydrogens (tertiary/aromatic N) is 2. The van der Waals surface area contributed by atoms with Gasteiger partial charge in [0, 0.05) is 61.0 Å². The van der Waals surface area contributed by atoms with Crippen molar-refractivity contribution in [3.63, 3.8) is 0 Å². The van der Waals surface area contributed by atoms with Crippen LogP contribution in [-0.2, 0) is 6.42 Å². The molecule has 1 saturated heterocycles. The Morgan fingerprint density at radius 2 is 2.10 bits per heavy atom. The molecule has 0 radical (unpaired) electrons. The van der Waals surface area contributed by atoms with Crippen LogP contribution >= 0.6 is 0 Å². The van der Waals surface area contributed by atoms with Crippen LogP contribution in [0.4, 0.5) is 5.69 Å². The Morgan fingerprint density at radius 3 is 2.80 bits per heavy atom. The summed E-state index contributed by atoms with van der Waals surface area (Å²) >= 11 is 0. The average Bonchev–Trinajstić information content (AvgIpc) is 2.73. The molecule has 3 N–H and O–H groups in total. The first-order valence-corrected chi connectivity index (χ1v) is 10.4. The van der Waals surface area contributed by atoms with E-state index in [1.807, 2.05) is 30.5 Å². The summed E-state index contributed by atoms with van der Waals surface area (Å²) in [6, 6.07) is 14.5. The van der Waals surface area contributed by atoms with Crippen LogP contribution in [0.1, 0.15) is 30.0 Å². The lowest BCUT2D eigenvalue weighted by atomic mass is 9.92. The van der Waals surface area contributed by atoms with Crippen molar-refractivity contribution in [3.05, 3.63) is 59.3 Å². The van der Waals surface area contributed by atoms with Gasteiger partial charge in [-0.2, -0.15) is 5.26 Å². The van der Waals surface area contributed by atoms with Crippen LogP contribution in [0.2, 0.25) is 0 Å². The quantitative estimate of drug-likeness (QED) is 0.643. The third kappa shape index (κ3) is 3.77. The topological polar surface area (TPSA) is 84.2 Å². The molecule has 1 fully saturated rings. The summed E-state index contributed by atoms with van der Waals surface area (Å²) in [5.41, 5.74) is 4.38. The highest BCUT2D eigenvalue weighted by atomic mass is 16.5. The van der Waals surface area contributed by atoms with E-state index < -0.39 is 0 Å². The van der Waals surface area contributed by atoms with E-state index in [2.05, 4.69) is 41.6 Å². The molecule has 0 amide bonds. The number of hydrogen-bond acceptors (Lipinski definition) is 6. The first kappa shape index (κ1) is 20.0. The van der Waals surface area contributed by atoms with Gasteiger partial charge in [0.05, 0.1) is 11.6 Å². The molecular weight excluding hydrogens is 374 g/mol. The highest BCUT2D eigenvalue weighted by Crippen LogP contribution is 2.42. The second kappa shape index (κ2) is 8.60. The molecule has 0 aromatic heterocycles. The van der Waals surface area contributed by atoms with Crippen LogP contribution in [0.25, 0.3) is 5.57 Å². The minimum absolute atomic E-state index is 0.383. The first-order chi connectivity index (χ1) is 14.6. The predicted octanol–water partition coefficient (Wildman–Crippen LogP) is 3.67. The number of nitrogens with one attached hydrogen (secondary N) is 3. The fourth-order valence-corrected chi connectivity index (χ4v) is 3.89. The number of rotatable bonds is 6. The van der Waals surface area contributed by atoms with E-state index in [4.69, 9.17) is 10.1 Å². The van der Waals surface area contributed by atoms with E-state index in [-0.39, 0.29) is 0 Å². The minimum atomic E-state index is 0.383. The molecule has 0 saturated carbocycles. The lowest BCUT2D eigenvalue weighted by molar-refractivity contribution is 0.402. The van der Waals surface area contributed by atoms with Crippen molar-refractivity contribution in [2.45, 2.75) is 31.8 Å². The number of anilines is 1. The fraction of sp³-hybridized carbons (Fsp3) is 0.333. The molecule has 154 valence electrons. The van der Waals surface area contributed by atoms with Gasteiger partial charge in [-0.1, -0.05) is 12.1 Å². The standard InChI is InChI=1S/C24H27N5O/c1-16-7-8-21-22(29(16)2)10-9-20(18(12-26)13-28-19-14-27-15-19)24(21)30-23-6-4-3-5-17(23)11-25/h3-6,9-10,12-13,16,19,26-28H,7-8,14-15H2,1-2H3/b18-13+,26-12?. The molecule has 2 aromatic carbocycles. The summed E-state index contributed by atoms with van der Waals surface area (Å²) in [7, 11) is 2.11. The zero-order valence-electron chi connectivity index (χ0n) is 17.4. The van der Waals surface area contributed by atoms with Crippen LogP contribution < -0.4 is 20.3 Å². The second-order valence-electron chi connectivity index (χ2n) is 7.91. The summed E-state index contributed by atoms with van der Waals surface area (Å²) in [4.78, 5) is 2.28. The molecule has 0 bridgehead atoms. The predicted molar refractivity (Wildman–Crippen MR) is 120 cm³/mol. The van der Waals surface area contributed by atoms with E-state index in [0.29, 0.717) is 23.4 Å². The molecule has 6 nitrogen and oxygen atoms in total. The van der Waals surface area contributed by atoms with Gasteiger partial charge in [0.2, 0.25) is 0 Å². The molecule has 2 aromatic rings. The van der Waals surface area contributed by atoms with Crippen molar-refractivity contribution in [1.29, 1.82) is 10.7 Å². The highest BCUT2D eigenvalue weighted by Gasteiger charge is 2.26. The minimum Gasteiger partial charge on any atom is -0.455 e. The molecule has 30 heavy (non-hydrogen) atoms. The van der Waals surface area contributed by atoms with Crippen molar-refractivity contribution in [1.82, 2.24) is 10.6 Å². The Hall–Kier alpha value is -3.30. The van der Waals surface area contributed by atoms with E-state index in [1.165, 1.54) is 6.21 Å². The molecule has 0 aliphatic carbocycles. The van der Waals surface area contributed by atoms with E-state index in [0.717, 1.165) is 54.1 Å². The third-order valence-electron chi connectivity index (χ3n) is 6.03. The second-order valence-corrected chi connectivity index (χ2v) is 7.91. The third-order valence-corrected chi connectivity index (χ3v) is 6.03. The van der Waals surface area contributed by atoms with Crippen molar-refractivity contribution < 1.29 is 4.74 Å². The number of fused-ring (bicyclic) bond motifs is 1. The van der Waals surface area contributed by atoms with E-state index in [1.54, 1.807) is 6.07 Å². The van der Waals surface area contributed by atoms with Crippen LogP contribution in [0.5, 0.6) is 11.5 Å². The molecule has 1 atom stereocenters. The maximum absolute atomic E-state index is 9.51. The SMILES string of the molecule is CC1CCc2c(ccc(/C(C=N)=C/NC3CNC3)c2Oc2ccccc2C#N)N1C. The van der Waals surface area contributed by atoms with Gasteiger partial charge in [0.15, 0.2) is 0 Å². The van der Waals surface area contributed by atoms with E-state index >= 15 is 0 Å². The first-order valence-electron chi connectivity index (χ1n) is 10.4. The summed E-state index contributed by atoms with van der Waals surface area (Å²) in [6.45, 7) is 4.07. The number of ether oxygens (including phenoxy) is 1. The van der Waals surface area contributed by atoms with Gasteiger partial charge in [-0.3, -0.25) is 0 Å². The van der Waals surface area contributed by atoms with Gasteiger partial charge in [0.25, 0.3) is 0 Å². The molecular formula is C24H27N5O. The Balaban J connectivity index is 1.81. The maximum atomic E-state index is 9.51. The van der Waals surface area contributed by atoms with Crippen molar-refractivity contribution >= 4 is 17.5 Å². The van der Waals surface area contributed by atoms with Crippen molar-refractivity contribution in [2.24, 2.45) is 0 Å². The van der Waals surface area contributed by atoms with Gasteiger partial charge in [-0.05, 0) is 44.0 Å². The van der Waals surface area contributed by atoms with Gasteiger partial charge >= 0.3 is 0 Å². The maximum Gasteiger partial charge on any atom is 0.145 e. The summed E-state index contributed by atoms with van der Waals surface area (Å²) in [5, 5.41) is 24.2. The molecule has 2 aliphatic heterocycles. The number of hydrogen-bond donors (Lipinski definition) is 3. The number of nitriles is 1. The van der Waals surface area contributed by atoms with Crippen LogP contribution in [0, 0.1) is 16.7 Å². The largest absolute Gasteiger partial charge is 0.455 e. The van der Waals surface area contributed by atoms with Gasteiger partial charge in [0.1, 0.15) is 17.6 Å². The number of para-hydroxylation sites is 1. The van der Waals surface area contributed by atoms with Gasteiger partial charge in [-0.15, -0.1) is 0 Å².